The predicted octanol–water partition coefficient (Wildman–Crippen LogP) is 5.47. The van der Waals surface area contributed by atoms with Gasteiger partial charge in [0.1, 0.15) is 0 Å². The summed E-state index contributed by atoms with van der Waals surface area (Å²) in [5.41, 5.74) is 3.66. The number of sulfonamides is 2. The molecular weight excluding hydrogens is 522 g/mol. The summed E-state index contributed by atoms with van der Waals surface area (Å²) < 4.78 is 56.6. The molecule has 0 radical (unpaired) electrons. The van der Waals surface area contributed by atoms with E-state index >= 15 is 0 Å². The molecule has 1 amide bonds. The van der Waals surface area contributed by atoms with Crippen molar-refractivity contribution in [1.82, 2.24) is 0 Å². The number of rotatable bonds is 8. The summed E-state index contributed by atoms with van der Waals surface area (Å²) in [6.45, 7) is 5.39. The van der Waals surface area contributed by atoms with E-state index in [1.807, 2.05) is 26.0 Å². The van der Waals surface area contributed by atoms with Gasteiger partial charge >= 0.3 is 0 Å². The normalized spacial score (nSPS) is 11.6. The lowest BCUT2D eigenvalue weighted by atomic mass is 10.1. The Morgan fingerprint density at radius 2 is 1.32 bits per heavy atom. The number of para-hydroxylation sites is 1. The van der Waals surface area contributed by atoms with Crippen LogP contribution in [0.15, 0.2) is 101 Å². The quantitative estimate of drug-likeness (QED) is 0.269. The average Bonchev–Trinajstić information content (AvgIpc) is 2.86. The molecule has 4 rings (SSSR count). The lowest BCUT2D eigenvalue weighted by molar-refractivity contribution is 0.102. The van der Waals surface area contributed by atoms with E-state index in [9.17, 15) is 21.6 Å². The van der Waals surface area contributed by atoms with Gasteiger partial charge in [-0.05, 0) is 86.5 Å². The minimum absolute atomic E-state index is 0.0152. The first-order valence-corrected chi connectivity index (χ1v) is 14.6. The van der Waals surface area contributed by atoms with Crippen molar-refractivity contribution in [1.29, 1.82) is 0 Å². The Morgan fingerprint density at radius 1 is 0.632 bits per heavy atom. The van der Waals surface area contributed by atoms with Crippen LogP contribution in [0.2, 0.25) is 0 Å². The molecule has 0 heterocycles. The number of benzene rings is 4. The van der Waals surface area contributed by atoms with E-state index in [2.05, 4.69) is 14.8 Å². The molecule has 0 aromatic heterocycles. The van der Waals surface area contributed by atoms with Crippen LogP contribution in [-0.2, 0) is 20.0 Å². The fraction of sp³-hybridized carbons (Fsp3) is 0.107. The van der Waals surface area contributed by atoms with Crippen LogP contribution in [0.4, 0.5) is 17.1 Å². The largest absolute Gasteiger partial charge is 0.322 e. The minimum atomic E-state index is -3.96. The molecule has 0 fully saturated rings. The molecule has 0 spiro atoms. The van der Waals surface area contributed by atoms with Crippen LogP contribution < -0.4 is 14.8 Å². The van der Waals surface area contributed by atoms with Crippen molar-refractivity contribution in [3.63, 3.8) is 0 Å². The van der Waals surface area contributed by atoms with Gasteiger partial charge in [0, 0.05) is 16.9 Å². The fourth-order valence-electron chi connectivity index (χ4n) is 3.80. The molecule has 0 unspecified atom stereocenters. The third-order valence-corrected chi connectivity index (χ3v) is 8.72. The van der Waals surface area contributed by atoms with Crippen LogP contribution in [0.3, 0.4) is 0 Å². The maximum absolute atomic E-state index is 13.1. The lowest BCUT2D eigenvalue weighted by Crippen LogP contribution is -2.17. The molecule has 0 aliphatic rings. The van der Waals surface area contributed by atoms with Gasteiger partial charge in [-0.15, -0.1) is 0 Å². The molecule has 0 atom stereocenters. The number of amides is 1. The molecule has 4 aromatic carbocycles. The topological polar surface area (TPSA) is 121 Å². The van der Waals surface area contributed by atoms with Crippen LogP contribution >= 0.6 is 0 Å². The molecule has 3 N–H and O–H groups in total. The summed E-state index contributed by atoms with van der Waals surface area (Å²) in [5.74, 6) is -0.536. The second-order valence-corrected chi connectivity index (χ2v) is 12.2. The number of hydrogen-bond donors (Lipinski definition) is 3. The molecule has 0 saturated carbocycles. The Balaban J connectivity index is 1.51. The van der Waals surface area contributed by atoms with Gasteiger partial charge < -0.3 is 5.32 Å². The zero-order chi connectivity index (χ0) is 27.5. The Morgan fingerprint density at radius 3 is 1.97 bits per heavy atom. The third kappa shape index (κ3) is 6.21. The van der Waals surface area contributed by atoms with E-state index in [1.165, 1.54) is 36.4 Å². The molecule has 0 aliphatic heterocycles. The summed E-state index contributed by atoms with van der Waals surface area (Å²) in [6.07, 6.45) is 0. The summed E-state index contributed by atoms with van der Waals surface area (Å²) in [6, 6.07) is 24.0. The molecule has 10 heteroatoms. The molecule has 4 aromatic rings. The number of carbonyl (C=O) groups excluding carboxylic acids is 1. The van der Waals surface area contributed by atoms with Gasteiger partial charge in [0.05, 0.1) is 15.5 Å². The Hall–Kier alpha value is -4.15. The Kier molecular flexibility index (Phi) is 7.56. The van der Waals surface area contributed by atoms with E-state index in [4.69, 9.17) is 0 Å². The molecule has 0 bridgehead atoms. The summed E-state index contributed by atoms with van der Waals surface area (Å²) in [7, 11) is -7.76. The van der Waals surface area contributed by atoms with E-state index in [0.717, 1.165) is 11.1 Å². The van der Waals surface area contributed by atoms with Crippen molar-refractivity contribution in [2.45, 2.75) is 30.6 Å². The zero-order valence-corrected chi connectivity index (χ0v) is 22.7. The van der Waals surface area contributed by atoms with Crippen molar-refractivity contribution >= 4 is 43.0 Å². The highest BCUT2D eigenvalue weighted by Crippen LogP contribution is 2.24. The predicted molar refractivity (Wildman–Crippen MR) is 150 cm³/mol. The van der Waals surface area contributed by atoms with Crippen LogP contribution in [0.5, 0.6) is 0 Å². The minimum Gasteiger partial charge on any atom is -0.322 e. The lowest BCUT2D eigenvalue weighted by Gasteiger charge is -2.14. The number of aryl methyl sites for hydroxylation is 3. The number of anilines is 3. The molecule has 0 saturated heterocycles. The van der Waals surface area contributed by atoms with Crippen molar-refractivity contribution < 1.29 is 21.6 Å². The first kappa shape index (κ1) is 26.9. The maximum atomic E-state index is 13.1. The monoisotopic (exact) mass is 549 g/mol. The molecule has 38 heavy (non-hydrogen) atoms. The first-order chi connectivity index (χ1) is 17.9. The number of carbonyl (C=O) groups is 1. The van der Waals surface area contributed by atoms with Crippen LogP contribution in [0, 0.1) is 20.8 Å². The standard InChI is InChI=1S/C28H27N3O5S2/c1-19-9-16-26(21(3)17-19)31-38(35,36)27-18-22(11-10-20(27)2)28(32)29-23-12-14-25(15-13-23)37(33,34)30-24-7-5-4-6-8-24/h4-18,30-31H,1-3H3,(H,29,32). The van der Waals surface area contributed by atoms with Gasteiger partial charge in [-0.3, -0.25) is 14.2 Å². The second kappa shape index (κ2) is 10.7. The zero-order valence-electron chi connectivity index (χ0n) is 21.0. The highest BCUT2D eigenvalue weighted by molar-refractivity contribution is 7.93. The Bertz CT molecular complexity index is 1700. The van der Waals surface area contributed by atoms with Crippen molar-refractivity contribution in [2.24, 2.45) is 0 Å². The van der Waals surface area contributed by atoms with E-state index in [1.54, 1.807) is 49.4 Å². The summed E-state index contributed by atoms with van der Waals surface area (Å²) >= 11 is 0. The number of hydrogen-bond acceptors (Lipinski definition) is 5. The SMILES string of the molecule is Cc1ccc(NS(=O)(=O)c2cc(C(=O)Nc3ccc(S(=O)(=O)Nc4ccccc4)cc3)ccc2C)c(C)c1. The smallest absolute Gasteiger partial charge is 0.262 e. The van der Waals surface area contributed by atoms with Crippen molar-refractivity contribution in [3.8, 4) is 0 Å². The van der Waals surface area contributed by atoms with Gasteiger partial charge in [0.25, 0.3) is 26.0 Å². The maximum Gasteiger partial charge on any atom is 0.262 e. The van der Waals surface area contributed by atoms with E-state index in [0.29, 0.717) is 22.6 Å². The van der Waals surface area contributed by atoms with Gasteiger partial charge in [-0.25, -0.2) is 16.8 Å². The first-order valence-electron chi connectivity index (χ1n) is 11.6. The molecule has 196 valence electrons. The van der Waals surface area contributed by atoms with Crippen LogP contribution in [-0.4, -0.2) is 22.7 Å². The van der Waals surface area contributed by atoms with Gasteiger partial charge in [-0.2, -0.15) is 0 Å². The Labute approximate surface area is 222 Å². The second-order valence-electron chi connectivity index (χ2n) is 8.85. The highest BCUT2D eigenvalue weighted by Gasteiger charge is 2.21. The average molecular weight is 550 g/mol. The van der Waals surface area contributed by atoms with Crippen molar-refractivity contribution in [3.05, 3.63) is 113 Å². The molecular formula is C28H27N3O5S2. The van der Waals surface area contributed by atoms with Gasteiger partial charge in [-0.1, -0.05) is 42.0 Å². The molecule has 8 nitrogen and oxygen atoms in total. The van der Waals surface area contributed by atoms with E-state index < -0.39 is 26.0 Å². The highest BCUT2D eigenvalue weighted by atomic mass is 32.2. The van der Waals surface area contributed by atoms with Gasteiger partial charge in [0.2, 0.25) is 0 Å². The number of nitrogens with one attached hydrogen (secondary N) is 3. The third-order valence-electron chi connectivity index (χ3n) is 5.81. The van der Waals surface area contributed by atoms with Gasteiger partial charge in [0.15, 0.2) is 0 Å². The fourth-order valence-corrected chi connectivity index (χ4v) is 6.26. The summed E-state index contributed by atoms with van der Waals surface area (Å²) in [4.78, 5) is 12.9. The van der Waals surface area contributed by atoms with Crippen LogP contribution in [0.25, 0.3) is 0 Å². The van der Waals surface area contributed by atoms with E-state index in [-0.39, 0.29) is 15.4 Å². The van der Waals surface area contributed by atoms with Crippen LogP contribution in [0.1, 0.15) is 27.0 Å². The van der Waals surface area contributed by atoms with Crippen molar-refractivity contribution in [2.75, 3.05) is 14.8 Å². The summed E-state index contributed by atoms with van der Waals surface area (Å²) in [5, 5.41) is 2.68. The molecule has 0 aliphatic carbocycles.